The predicted octanol–water partition coefficient (Wildman–Crippen LogP) is 9.06. The van der Waals surface area contributed by atoms with Gasteiger partial charge in [0, 0.05) is 68.3 Å². The van der Waals surface area contributed by atoms with Gasteiger partial charge in [0.1, 0.15) is 18.0 Å². The quantitative estimate of drug-likeness (QED) is 0.0785. The van der Waals surface area contributed by atoms with E-state index < -0.39 is 0 Å². The van der Waals surface area contributed by atoms with E-state index in [1.165, 1.54) is 57.4 Å². The summed E-state index contributed by atoms with van der Waals surface area (Å²) < 4.78 is 12.0. The van der Waals surface area contributed by atoms with Crippen LogP contribution < -0.4 is 30.3 Å². The molecule has 12 heteroatoms. The number of amides is 2. The molecule has 2 amide bonds. The van der Waals surface area contributed by atoms with Gasteiger partial charge < -0.3 is 35.2 Å². The van der Waals surface area contributed by atoms with Gasteiger partial charge in [0.15, 0.2) is 11.5 Å². The first-order chi connectivity index (χ1) is 29.2. The lowest BCUT2D eigenvalue weighted by molar-refractivity contribution is 0.138. The molecule has 0 radical (unpaired) electrons. The zero-order chi connectivity index (χ0) is 41.7. The van der Waals surface area contributed by atoms with Gasteiger partial charge >= 0.3 is 6.03 Å². The van der Waals surface area contributed by atoms with Crippen LogP contribution in [0.1, 0.15) is 70.4 Å². The largest absolute Gasteiger partial charge is 0.493 e. The van der Waals surface area contributed by atoms with Crippen LogP contribution in [0.5, 0.6) is 11.5 Å². The fraction of sp³-hybridized carbons (Fsp3) is 0.458. The summed E-state index contributed by atoms with van der Waals surface area (Å²) in [5.41, 5.74) is 4.46. The van der Waals surface area contributed by atoms with E-state index >= 15 is 0 Å². The first-order valence-electron chi connectivity index (χ1n) is 21.8. The van der Waals surface area contributed by atoms with E-state index in [0.717, 1.165) is 72.9 Å². The lowest BCUT2D eigenvalue weighted by Gasteiger charge is -2.39. The van der Waals surface area contributed by atoms with Crippen molar-refractivity contribution < 1.29 is 14.3 Å². The molecule has 7 rings (SSSR count). The third-order valence-corrected chi connectivity index (χ3v) is 11.8. The lowest BCUT2D eigenvalue weighted by Crippen LogP contribution is -2.49. The molecule has 12 nitrogen and oxygen atoms in total. The summed E-state index contributed by atoms with van der Waals surface area (Å²) in [6.45, 7) is 16.9. The minimum Gasteiger partial charge on any atom is -0.493 e. The van der Waals surface area contributed by atoms with Crippen LogP contribution in [-0.4, -0.2) is 96.9 Å². The lowest BCUT2D eigenvalue weighted by atomic mass is 9.87. The van der Waals surface area contributed by atoms with Crippen molar-refractivity contribution in [2.24, 2.45) is 5.92 Å². The monoisotopic (exact) mass is 814 g/mol. The van der Waals surface area contributed by atoms with Crippen LogP contribution in [0.25, 0.3) is 10.9 Å². The second kappa shape index (κ2) is 20.7. The van der Waals surface area contributed by atoms with Crippen LogP contribution in [-0.2, 0) is 12.0 Å². The molecule has 4 heterocycles. The van der Waals surface area contributed by atoms with Crippen molar-refractivity contribution >= 4 is 39.9 Å². The molecule has 2 fully saturated rings. The molecule has 5 aromatic rings. The van der Waals surface area contributed by atoms with E-state index in [9.17, 15) is 4.79 Å². The summed E-state index contributed by atoms with van der Waals surface area (Å²) in [7, 11) is 1.66. The van der Waals surface area contributed by atoms with Gasteiger partial charge in [-0.25, -0.2) is 19.7 Å². The van der Waals surface area contributed by atoms with Crippen molar-refractivity contribution in [1.82, 2.24) is 24.8 Å². The van der Waals surface area contributed by atoms with Crippen LogP contribution in [0.2, 0.25) is 0 Å². The number of nitrogens with one attached hydrogen (secondary N) is 3. The molecule has 0 spiro atoms. The number of piperidine rings is 1. The number of fused-ring (bicyclic) bond motifs is 1. The second-order valence-corrected chi connectivity index (χ2v) is 17.2. The van der Waals surface area contributed by atoms with Crippen molar-refractivity contribution in [2.45, 2.75) is 71.3 Å². The number of unbranched alkanes of at least 4 members (excludes halogenated alkanes) is 3. The number of benzene rings is 3. The molecule has 2 aliphatic rings. The molecule has 0 bridgehead atoms. The smallest absolute Gasteiger partial charge is 0.323 e. The van der Waals surface area contributed by atoms with Gasteiger partial charge in [0.05, 0.1) is 19.2 Å². The Labute approximate surface area is 356 Å². The summed E-state index contributed by atoms with van der Waals surface area (Å²) in [5, 5.41) is 10.2. The molecule has 0 aliphatic carbocycles. The minimum absolute atomic E-state index is 0.0509. The average molecular weight is 814 g/mol. The number of pyridine rings is 1. The molecule has 0 unspecified atom stereocenters. The molecule has 3 N–H and O–H groups in total. The maximum atomic E-state index is 12.8. The van der Waals surface area contributed by atoms with Crippen molar-refractivity contribution in [1.29, 1.82) is 0 Å². The van der Waals surface area contributed by atoms with Gasteiger partial charge in [-0.05, 0) is 110 Å². The Hall–Kier alpha value is -5.46. The molecule has 2 saturated heterocycles. The van der Waals surface area contributed by atoms with E-state index in [1.54, 1.807) is 13.4 Å². The molecular weight excluding hydrogens is 751 g/mol. The van der Waals surface area contributed by atoms with Gasteiger partial charge in [-0.1, -0.05) is 63.9 Å². The van der Waals surface area contributed by atoms with Crippen molar-refractivity contribution in [2.75, 3.05) is 86.9 Å². The first-order valence-corrected chi connectivity index (χ1v) is 21.8. The number of hydrogen-bond acceptors (Lipinski definition) is 10. The topological polar surface area (TPSA) is 120 Å². The van der Waals surface area contributed by atoms with Crippen molar-refractivity contribution in [3.05, 3.63) is 103 Å². The highest BCUT2D eigenvalue weighted by atomic mass is 16.5. The summed E-state index contributed by atoms with van der Waals surface area (Å²) in [6.07, 6.45) is 10.6. The van der Waals surface area contributed by atoms with E-state index in [2.05, 4.69) is 78.5 Å². The average Bonchev–Trinajstić information content (AvgIpc) is 3.26. The molecule has 318 valence electrons. The third-order valence-electron chi connectivity index (χ3n) is 11.8. The van der Waals surface area contributed by atoms with Crippen molar-refractivity contribution in [3.8, 4) is 11.5 Å². The van der Waals surface area contributed by atoms with Crippen LogP contribution in [0.15, 0.2) is 91.4 Å². The summed E-state index contributed by atoms with van der Waals surface area (Å²) in [5.74, 6) is 3.96. The number of rotatable bonds is 17. The highest BCUT2D eigenvalue weighted by molar-refractivity contribution is 5.99. The van der Waals surface area contributed by atoms with E-state index in [0.29, 0.717) is 36.2 Å². The Balaban J connectivity index is 0.808. The van der Waals surface area contributed by atoms with Crippen LogP contribution >= 0.6 is 0 Å². The van der Waals surface area contributed by atoms with E-state index in [4.69, 9.17) is 9.47 Å². The number of likely N-dealkylation sites (tertiary alicyclic amines) is 1. The molecule has 2 aliphatic heterocycles. The number of anilines is 4. The molecular formula is C48H63N9O3. The second-order valence-electron chi connectivity index (χ2n) is 17.2. The number of methoxy groups -OCH3 is 1. The Morgan fingerprint density at radius 3 is 2.30 bits per heavy atom. The van der Waals surface area contributed by atoms with E-state index in [1.807, 2.05) is 72.9 Å². The maximum Gasteiger partial charge on any atom is 0.323 e. The third kappa shape index (κ3) is 12.1. The highest BCUT2D eigenvalue weighted by Crippen LogP contribution is 2.34. The van der Waals surface area contributed by atoms with Crippen LogP contribution in [0.4, 0.5) is 27.8 Å². The summed E-state index contributed by atoms with van der Waals surface area (Å²) in [4.78, 5) is 34.1. The summed E-state index contributed by atoms with van der Waals surface area (Å²) in [6, 6.07) is 25.5. The van der Waals surface area contributed by atoms with E-state index in [-0.39, 0.29) is 11.4 Å². The SMILES string of the molecule is COc1cc2ncnc(NCc3cccc(NC(=O)Nc4ccc(C(C)(C)C)cc4)c3)c2cc1OCCCCCCN1CCC(CN2CCN(c3ccccn3)CC2)CC1. The molecule has 60 heavy (non-hydrogen) atoms. The minimum atomic E-state index is -0.295. The van der Waals surface area contributed by atoms with Crippen LogP contribution in [0.3, 0.4) is 0 Å². The zero-order valence-corrected chi connectivity index (χ0v) is 36.0. The number of urea groups is 1. The number of carbonyl (C=O) groups is 1. The maximum absolute atomic E-state index is 12.8. The van der Waals surface area contributed by atoms with Gasteiger partial charge in [0.25, 0.3) is 0 Å². The van der Waals surface area contributed by atoms with Gasteiger partial charge in [0.2, 0.25) is 0 Å². The zero-order valence-electron chi connectivity index (χ0n) is 36.0. The summed E-state index contributed by atoms with van der Waals surface area (Å²) >= 11 is 0. The Morgan fingerprint density at radius 1 is 0.767 bits per heavy atom. The molecule has 0 atom stereocenters. The van der Waals surface area contributed by atoms with Gasteiger partial charge in [-0.3, -0.25) is 4.90 Å². The Morgan fingerprint density at radius 2 is 1.55 bits per heavy atom. The number of piperazine rings is 1. The van der Waals surface area contributed by atoms with Crippen molar-refractivity contribution in [3.63, 3.8) is 0 Å². The predicted molar refractivity (Wildman–Crippen MR) is 244 cm³/mol. The number of aromatic nitrogens is 3. The van der Waals surface area contributed by atoms with Crippen LogP contribution in [0, 0.1) is 5.92 Å². The fourth-order valence-corrected chi connectivity index (χ4v) is 8.20. The molecule has 2 aromatic heterocycles. The molecule has 0 saturated carbocycles. The van der Waals surface area contributed by atoms with Gasteiger partial charge in [-0.2, -0.15) is 0 Å². The standard InChI is InChI=1S/C48H63N9O3/c1-48(2,3)38-15-17-39(18-16-38)53-47(58)54-40-13-11-12-37(30-40)33-50-46-41-31-44(43(59-4)32-42(41)51-35-52-46)60-29-10-6-5-9-22-55-23-19-36(20-24-55)34-56-25-27-57(28-26-56)45-14-7-8-21-49-45/h7-8,11-18,21,30-32,35-36H,5-6,9-10,19-20,22-29,33-34H2,1-4H3,(H,50,51,52)(H2,53,54,58). The number of hydrogen-bond donors (Lipinski definition) is 3. The fourth-order valence-electron chi connectivity index (χ4n) is 8.20. The number of ether oxygens (including phenoxy) is 2. The van der Waals surface area contributed by atoms with Gasteiger partial charge in [-0.15, -0.1) is 0 Å². The Kier molecular flexibility index (Phi) is 14.7. The number of nitrogens with zero attached hydrogens (tertiary/aromatic N) is 6. The normalized spacial score (nSPS) is 15.5. The molecule has 3 aromatic carbocycles. The Bertz CT molecular complexity index is 2110. The highest BCUT2D eigenvalue weighted by Gasteiger charge is 2.24. The first kappa shape index (κ1) is 42.7. The number of carbonyl (C=O) groups excluding carboxylic acids is 1.